The van der Waals surface area contributed by atoms with Gasteiger partial charge in [0.25, 0.3) is 0 Å². The molecule has 1 aromatic heterocycles. The molecule has 1 amide bonds. The molecule has 0 aliphatic carbocycles. The molecule has 0 radical (unpaired) electrons. The molecule has 0 saturated heterocycles. The van der Waals surface area contributed by atoms with E-state index in [1.54, 1.807) is 38.1 Å². The number of pyridine rings is 1. The maximum Gasteiger partial charge on any atom is 0.237 e. The zero-order chi connectivity index (χ0) is 20.1. The number of benzene rings is 1. The number of aryl methyl sites for hydroxylation is 1. The average molecular weight is 381 g/mol. The first kappa shape index (κ1) is 20.3. The van der Waals surface area contributed by atoms with Gasteiger partial charge in [0.2, 0.25) is 5.91 Å². The highest BCUT2D eigenvalue weighted by Crippen LogP contribution is 2.27. The summed E-state index contributed by atoms with van der Waals surface area (Å²) in [5, 5.41) is 12.0. The highest BCUT2D eigenvalue weighted by molar-refractivity contribution is 8.00. The molecular formula is C20H19N3O3S. The fraction of sp³-hybridized carbons (Fsp3) is 0.250. The molecule has 0 bridgehead atoms. The maximum absolute atomic E-state index is 12.5. The lowest BCUT2D eigenvalue weighted by atomic mass is 10.1. The Morgan fingerprint density at radius 2 is 1.89 bits per heavy atom. The second-order valence-electron chi connectivity index (χ2n) is 6.03. The molecule has 1 N–H and O–H groups in total. The molecule has 27 heavy (non-hydrogen) atoms. The standard InChI is InChI=1S/C20H19N3O3S/c1-11-18(13(3)25)9-16(10-21)20(22-11)27-14(4)19(26)23-17-7-5-6-15(8-17)12(2)24/h5-9,14H,1-4H3,(H,23,26). The molecule has 0 aliphatic rings. The Kier molecular flexibility index (Phi) is 6.48. The molecule has 138 valence electrons. The molecule has 0 saturated carbocycles. The van der Waals surface area contributed by atoms with Crippen molar-refractivity contribution in [3.63, 3.8) is 0 Å². The van der Waals surface area contributed by atoms with E-state index in [-0.39, 0.29) is 23.0 Å². The molecule has 2 rings (SSSR count). The van der Waals surface area contributed by atoms with Gasteiger partial charge in [-0.25, -0.2) is 4.98 Å². The predicted octanol–water partition coefficient (Wildman–Crippen LogP) is 3.79. The van der Waals surface area contributed by atoms with E-state index in [2.05, 4.69) is 10.3 Å². The normalized spacial score (nSPS) is 11.4. The number of aromatic nitrogens is 1. The van der Waals surface area contributed by atoms with Crippen LogP contribution in [0.25, 0.3) is 0 Å². The molecule has 2 aromatic rings. The van der Waals surface area contributed by atoms with Gasteiger partial charge in [0.05, 0.1) is 10.8 Å². The molecule has 0 aliphatic heterocycles. The Labute approximate surface area is 162 Å². The van der Waals surface area contributed by atoms with Crippen LogP contribution in [0, 0.1) is 18.3 Å². The lowest BCUT2D eigenvalue weighted by Crippen LogP contribution is -2.23. The van der Waals surface area contributed by atoms with E-state index in [1.165, 1.54) is 19.9 Å². The third kappa shape index (κ3) is 5.02. The van der Waals surface area contributed by atoms with Gasteiger partial charge < -0.3 is 5.32 Å². The summed E-state index contributed by atoms with van der Waals surface area (Å²) in [5.41, 5.74) is 2.21. The quantitative estimate of drug-likeness (QED) is 0.604. The van der Waals surface area contributed by atoms with Crippen LogP contribution < -0.4 is 5.32 Å². The van der Waals surface area contributed by atoms with Gasteiger partial charge in [0.1, 0.15) is 11.1 Å². The number of nitrogens with one attached hydrogen (secondary N) is 1. The summed E-state index contributed by atoms with van der Waals surface area (Å²) in [6.45, 7) is 6.27. The molecule has 0 spiro atoms. The molecule has 1 unspecified atom stereocenters. The second-order valence-corrected chi connectivity index (χ2v) is 7.36. The van der Waals surface area contributed by atoms with Crippen molar-refractivity contribution in [3.8, 4) is 6.07 Å². The van der Waals surface area contributed by atoms with Crippen molar-refractivity contribution in [3.05, 3.63) is 52.7 Å². The minimum atomic E-state index is -0.534. The topological polar surface area (TPSA) is 99.9 Å². The summed E-state index contributed by atoms with van der Waals surface area (Å²) in [4.78, 5) is 39.9. The van der Waals surface area contributed by atoms with E-state index in [0.29, 0.717) is 27.5 Å². The summed E-state index contributed by atoms with van der Waals surface area (Å²) in [5.74, 6) is -0.527. The van der Waals surface area contributed by atoms with Gasteiger partial charge in [0, 0.05) is 22.5 Å². The minimum absolute atomic E-state index is 0.0857. The Bertz CT molecular complexity index is 963. The Morgan fingerprint density at radius 1 is 1.19 bits per heavy atom. The summed E-state index contributed by atoms with van der Waals surface area (Å²) in [6.07, 6.45) is 0. The number of carbonyl (C=O) groups excluding carboxylic acids is 3. The first-order valence-electron chi connectivity index (χ1n) is 8.24. The lowest BCUT2D eigenvalue weighted by Gasteiger charge is -2.14. The van der Waals surface area contributed by atoms with E-state index in [1.807, 2.05) is 6.07 Å². The van der Waals surface area contributed by atoms with Gasteiger partial charge in [-0.3, -0.25) is 14.4 Å². The van der Waals surface area contributed by atoms with Gasteiger partial charge in [-0.15, -0.1) is 0 Å². The summed E-state index contributed by atoms with van der Waals surface area (Å²) >= 11 is 1.14. The maximum atomic E-state index is 12.5. The number of amides is 1. The van der Waals surface area contributed by atoms with Crippen LogP contribution in [0.4, 0.5) is 5.69 Å². The molecule has 0 fully saturated rings. The Morgan fingerprint density at radius 3 is 2.48 bits per heavy atom. The Balaban J connectivity index is 2.18. The molecule has 1 atom stereocenters. The molecule has 7 heteroatoms. The van der Waals surface area contributed by atoms with Crippen LogP contribution >= 0.6 is 11.8 Å². The van der Waals surface area contributed by atoms with Crippen molar-refractivity contribution in [2.24, 2.45) is 0 Å². The predicted molar refractivity (Wildman–Crippen MR) is 104 cm³/mol. The van der Waals surface area contributed by atoms with Crippen molar-refractivity contribution in [1.29, 1.82) is 5.26 Å². The SMILES string of the molecule is CC(=O)c1cccc(NC(=O)C(C)Sc2nc(C)c(C(C)=O)cc2C#N)c1. The highest BCUT2D eigenvalue weighted by Gasteiger charge is 2.20. The zero-order valence-electron chi connectivity index (χ0n) is 15.5. The van der Waals surface area contributed by atoms with Gasteiger partial charge >= 0.3 is 0 Å². The van der Waals surface area contributed by atoms with Crippen molar-refractivity contribution in [1.82, 2.24) is 4.98 Å². The lowest BCUT2D eigenvalue weighted by molar-refractivity contribution is -0.115. The van der Waals surface area contributed by atoms with E-state index >= 15 is 0 Å². The van der Waals surface area contributed by atoms with Crippen molar-refractivity contribution < 1.29 is 14.4 Å². The fourth-order valence-corrected chi connectivity index (χ4v) is 3.31. The molecule has 1 heterocycles. The number of anilines is 1. The van der Waals surface area contributed by atoms with Gasteiger partial charge in [-0.05, 0) is 45.9 Å². The zero-order valence-corrected chi connectivity index (χ0v) is 16.3. The number of thioether (sulfide) groups is 1. The molecular weight excluding hydrogens is 362 g/mol. The van der Waals surface area contributed by atoms with Gasteiger partial charge in [-0.1, -0.05) is 23.9 Å². The Hall–Kier alpha value is -2.98. The summed E-state index contributed by atoms with van der Waals surface area (Å²) in [7, 11) is 0. The van der Waals surface area contributed by atoms with Crippen LogP contribution in [0.15, 0.2) is 35.4 Å². The van der Waals surface area contributed by atoms with Crippen LogP contribution in [-0.2, 0) is 4.79 Å². The van der Waals surface area contributed by atoms with Crippen molar-refractivity contribution >= 4 is 34.9 Å². The number of Topliss-reactive ketones (excluding diaryl/α,β-unsaturated/α-hetero) is 2. The third-order valence-corrected chi connectivity index (χ3v) is 4.97. The van der Waals surface area contributed by atoms with Crippen molar-refractivity contribution in [2.75, 3.05) is 5.32 Å². The van der Waals surface area contributed by atoms with Gasteiger partial charge in [0.15, 0.2) is 11.6 Å². The smallest absolute Gasteiger partial charge is 0.237 e. The summed E-state index contributed by atoms with van der Waals surface area (Å²) in [6, 6.07) is 10.2. The monoisotopic (exact) mass is 381 g/mol. The summed E-state index contributed by atoms with van der Waals surface area (Å²) < 4.78 is 0. The highest BCUT2D eigenvalue weighted by atomic mass is 32.2. The first-order valence-corrected chi connectivity index (χ1v) is 9.12. The number of hydrogen-bond acceptors (Lipinski definition) is 6. The van der Waals surface area contributed by atoms with E-state index < -0.39 is 5.25 Å². The molecule has 1 aromatic carbocycles. The van der Waals surface area contributed by atoms with Crippen LogP contribution in [0.5, 0.6) is 0 Å². The minimum Gasteiger partial charge on any atom is -0.325 e. The van der Waals surface area contributed by atoms with Crippen LogP contribution in [0.1, 0.15) is 52.7 Å². The van der Waals surface area contributed by atoms with E-state index in [4.69, 9.17) is 0 Å². The second kappa shape index (κ2) is 8.60. The first-order chi connectivity index (χ1) is 12.7. The number of nitrogens with zero attached hydrogens (tertiary/aromatic N) is 2. The average Bonchev–Trinajstić information content (AvgIpc) is 2.61. The number of rotatable bonds is 6. The number of nitriles is 1. The van der Waals surface area contributed by atoms with E-state index in [9.17, 15) is 19.6 Å². The molecule has 6 nitrogen and oxygen atoms in total. The van der Waals surface area contributed by atoms with Crippen LogP contribution in [0.3, 0.4) is 0 Å². The van der Waals surface area contributed by atoms with E-state index in [0.717, 1.165) is 11.8 Å². The number of carbonyl (C=O) groups is 3. The van der Waals surface area contributed by atoms with Crippen LogP contribution in [-0.4, -0.2) is 27.7 Å². The number of hydrogen-bond donors (Lipinski definition) is 1. The third-order valence-electron chi connectivity index (χ3n) is 3.87. The largest absolute Gasteiger partial charge is 0.325 e. The van der Waals surface area contributed by atoms with Crippen molar-refractivity contribution in [2.45, 2.75) is 38.0 Å². The fourth-order valence-electron chi connectivity index (χ4n) is 2.39. The number of ketones is 2. The van der Waals surface area contributed by atoms with Crippen LogP contribution in [0.2, 0.25) is 0 Å². The van der Waals surface area contributed by atoms with Gasteiger partial charge in [-0.2, -0.15) is 5.26 Å².